The van der Waals surface area contributed by atoms with Crippen molar-refractivity contribution in [1.29, 1.82) is 0 Å². The normalized spacial score (nSPS) is 10.2. The smallest absolute Gasteiger partial charge is 0.307 e. The first-order chi connectivity index (χ1) is 14.1. The molecule has 30 heavy (non-hydrogen) atoms. The Morgan fingerprint density at radius 1 is 0.833 bits per heavy atom. The second-order valence-electron chi connectivity index (χ2n) is 5.67. The zero-order valence-electron chi connectivity index (χ0n) is 16.1. The minimum Gasteiger partial charge on any atom is -0.481 e. The van der Waals surface area contributed by atoms with Crippen LogP contribution in [0.3, 0.4) is 0 Å². The van der Waals surface area contributed by atoms with Crippen LogP contribution < -0.4 is 0 Å². The molecule has 0 radical (unpaired) electrons. The molecule has 2 rings (SSSR count). The molecule has 10 heteroatoms. The van der Waals surface area contributed by atoms with Gasteiger partial charge in [0, 0.05) is 3.57 Å². The minimum absolute atomic E-state index is 0.137. The van der Waals surface area contributed by atoms with Gasteiger partial charge < -0.3 is 10.2 Å². The maximum Gasteiger partial charge on any atom is 0.307 e. The van der Waals surface area contributed by atoms with Crippen LogP contribution >= 0.6 is 43.2 Å². The van der Waals surface area contributed by atoms with Gasteiger partial charge in [0.05, 0.1) is 12.8 Å². The Hall–Kier alpha value is -2.22. The number of carbonyl (C=O) groups is 4. The molecule has 162 valence electrons. The number of carboxylic acids is 2. The van der Waals surface area contributed by atoms with Gasteiger partial charge in [-0.25, -0.2) is 0 Å². The molecule has 0 amide bonds. The third kappa shape index (κ3) is 10.0. The van der Waals surface area contributed by atoms with Crippen LogP contribution in [0.5, 0.6) is 0 Å². The first kappa shape index (κ1) is 25.8. The summed E-state index contributed by atoms with van der Waals surface area (Å²) in [5.41, 5.74) is 1.16. The Labute approximate surface area is 195 Å². The summed E-state index contributed by atoms with van der Waals surface area (Å²) in [6.07, 6.45) is -0.277. The van der Waals surface area contributed by atoms with E-state index in [0.29, 0.717) is 11.1 Å². The Morgan fingerprint density at radius 3 is 1.83 bits per heavy atom. The average Bonchev–Trinajstić information content (AvgIpc) is 2.64. The van der Waals surface area contributed by atoms with Crippen LogP contribution in [0.4, 0.5) is 0 Å². The molecule has 0 fully saturated rings. The van der Waals surface area contributed by atoms with Gasteiger partial charge in [0.15, 0.2) is 0 Å². The Kier molecular flexibility index (Phi) is 11.3. The number of hydrogen-bond donors (Lipinski definition) is 2. The maximum atomic E-state index is 10.8. The molecule has 2 N–H and O–H groups in total. The molecule has 0 spiro atoms. The molecule has 0 aliphatic rings. The SMILES string of the molecule is CC(=O)OI(OC(C)=O)c1ccccc1.O=C(O)Cc1cccc(I)c1CC(=O)O. The van der Waals surface area contributed by atoms with Gasteiger partial charge in [0.1, 0.15) is 0 Å². The topological polar surface area (TPSA) is 127 Å². The van der Waals surface area contributed by atoms with Crippen LogP contribution in [0, 0.1) is 7.14 Å². The maximum absolute atomic E-state index is 10.8. The average molecular weight is 642 g/mol. The van der Waals surface area contributed by atoms with E-state index in [1.807, 2.05) is 40.8 Å². The molecule has 8 nitrogen and oxygen atoms in total. The third-order valence-electron chi connectivity index (χ3n) is 3.15. The predicted molar refractivity (Wildman–Crippen MR) is 125 cm³/mol. The number of hydrogen-bond acceptors (Lipinski definition) is 6. The summed E-state index contributed by atoms with van der Waals surface area (Å²) in [5.74, 6) is -2.76. The van der Waals surface area contributed by atoms with Crippen molar-refractivity contribution in [3.63, 3.8) is 0 Å². The fourth-order valence-corrected chi connectivity index (χ4v) is 5.57. The zero-order chi connectivity index (χ0) is 22.7. The van der Waals surface area contributed by atoms with Crippen molar-refractivity contribution in [3.8, 4) is 0 Å². The van der Waals surface area contributed by atoms with E-state index in [9.17, 15) is 19.2 Å². The Morgan fingerprint density at radius 2 is 1.37 bits per heavy atom. The van der Waals surface area contributed by atoms with Crippen LogP contribution in [0.2, 0.25) is 0 Å². The van der Waals surface area contributed by atoms with Gasteiger partial charge in [-0.05, 0) is 39.8 Å². The molecular weight excluding hydrogens is 622 g/mol. The van der Waals surface area contributed by atoms with Crippen molar-refractivity contribution in [2.45, 2.75) is 26.7 Å². The van der Waals surface area contributed by atoms with Gasteiger partial charge >= 0.3 is 108 Å². The van der Waals surface area contributed by atoms with Crippen LogP contribution in [-0.2, 0) is 38.2 Å². The Balaban J connectivity index is 0.000000300. The van der Waals surface area contributed by atoms with Crippen LogP contribution in [0.15, 0.2) is 48.5 Å². The van der Waals surface area contributed by atoms with Crippen molar-refractivity contribution < 1.29 is 35.5 Å². The summed E-state index contributed by atoms with van der Waals surface area (Å²) in [5, 5.41) is 17.4. The predicted octanol–water partition coefficient (Wildman–Crippen LogP) is 3.86. The van der Waals surface area contributed by atoms with E-state index in [0.717, 1.165) is 7.14 Å². The Bertz CT molecular complexity index is 883. The molecule has 2 aromatic rings. The van der Waals surface area contributed by atoms with Gasteiger partial charge in [-0.15, -0.1) is 0 Å². The van der Waals surface area contributed by atoms with Crippen LogP contribution in [0.25, 0.3) is 0 Å². The van der Waals surface area contributed by atoms with Gasteiger partial charge in [0.25, 0.3) is 0 Å². The number of rotatable bonds is 7. The standard InChI is InChI=1S/C10H11IO4.C10H9IO4/c1-8(12)14-11(15-9(2)13)10-6-4-3-5-7-10;11-8-3-1-2-6(4-9(12)13)7(8)5-10(14)15/h3-7H,1-2H3;1-3H,4-5H2,(H,12,13)(H,14,15). The van der Waals surface area contributed by atoms with E-state index in [2.05, 4.69) is 0 Å². The summed E-state index contributed by atoms with van der Waals surface area (Å²) >= 11 is -0.583. The molecule has 0 bridgehead atoms. The van der Waals surface area contributed by atoms with Crippen LogP contribution in [-0.4, -0.2) is 34.1 Å². The molecule has 0 aliphatic heterocycles. The van der Waals surface area contributed by atoms with E-state index in [4.69, 9.17) is 16.3 Å². The van der Waals surface area contributed by atoms with Crippen LogP contribution in [0.1, 0.15) is 25.0 Å². The summed E-state index contributed by atoms with van der Waals surface area (Å²) in [4.78, 5) is 42.8. The second kappa shape index (κ2) is 13.2. The quantitative estimate of drug-likeness (QED) is 0.437. The van der Waals surface area contributed by atoms with Crippen molar-refractivity contribution in [2.75, 3.05) is 0 Å². The van der Waals surface area contributed by atoms with E-state index in [-0.39, 0.29) is 12.8 Å². The molecule has 0 aliphatic carbocycles. The minimum atomic E-state index is -2.59. The van der Waals surface area contributed by atoms with Gasteiger partial charge in [-0.2, -0.15) is 0 Å². The molecule has 0 atom stereocenters. The van der Waals surface area contributed by atoms with Gasteiger partial charge in [0.2, 0.25) is 0 Å². The van der Waals surface area contributed by atoms with Crippen molar-refractivity contribution >= 4 is 67.1 Å². The fourth-order valence-electron chi connectivity index (χ4n) is 2.10. The number of carboxylic acid groups (broad SMARTS) is 2. The van der Waals surface area contributed by atoms with E-state index < -0.39 is 44.5 Å². The van der Waals surface area contributed by atoms with Gasteiger partial charge in [-0.1, -0.05) is 12.1 Å². The molecule has 0 heterocycles. The number of carbonyl (C=O) groups excluding carboxylic acids is 2. The molecule has 0 saturated carbocycles. The number of benzene rings is 2. The van der Waals surface area contributed by atoms with Crippen molar-refractivity contribution in [3.05, 3.63) is 66.8 Å². The summed E-state index contributed by atoms with van der Waals surface area (Å²) in [6.45, 7) is 2.60. The molecule has 0 aromatic heterocycles. The van der Waals surface area contributed by atoms with E-state index in [1.165, 1.54) is 13.8 Å². The second-order valence-corrected chi connectivity index (χ2v) is 10.2. The third-order valence-corrected chi connectivity index (χ3v) is 7.94. The summed E-state index contributed by atoms with van der Waals surface area (Å²) in [7, 11) is 0. The zero-order valence-corrected chi connectivity index (χ0v) is 20.4. The summed E-state index contributed by atoms with van der Waals surface area (Å²) < 4.78 is 11.6. The summed E-state index contributed by atoms with van der Waals surface area (Å²) in [6, 6.07) is 14.2. The first-order valence-corrected chi connectivity index (χ1v) is 12.3. The molecular formula is C20H20I2O8. The van der Waals surface area contributed by atoms with E-state index >= 15 is 0 Å². The number of halogens is 2. The molecule has 2 aromatic carbocycles. The number of aliphatic carboxylic acids is 2. The monoisotopic (exact) mass is 642 g/mol. The van der Waals surface area contributed by atoms with Crippen molar-refractivity contribution in [2.24, 2.45) is 0 Å². The molecule has 0 saturated heterocycles. The van der Waals surface area contributed by atoms with Gasteiger partial charge in [-0.3, -0.25) is 9.59 Å². The fraction of sp³-hybridized carbons (Fsp3) is 0.200. The van der Waals surface area contributed by atoms with E-state index in [1.54, 1.807) is 30.3 Å². The molecule has 0 unspecified atom stereocenters. The first-order valence-electron chi connectivity index (χ1n) is 8.43. The largest absolute Gasteiger partial charge is 0.481 e. The van der Waals surface area contributed by atoms with Crippen molar-refractivity contribution in [1.82, 2.24) is 0 Å².